The fourth-order valence-corrected chi connectivity index (χ4v) is 1.68. The van der Waals surface area contributed by atoms with E-state index in [2.05, 4.69) is 0 Å². The van der Waals surface area contributed by atoms with Gasteiger partial charge in [0.25, 0.3) is 0 Å². The predicted octanol–water partition coefficient (Wildman–Crippen LogP) is 0.455. The van der Waals surface area contributed by atoms with Gasteiger partial charge in [0, 0.05) is 6.07 Å². The van der Waals surface area contributed by atoms with Crippen LogP contribution in [-0.4, -0.2) is 15.5 Å². The van der Waals surface area contributed by atoms with Gasteiger partial charge in [0.1, 0.15) is 16.5 Å². The Labute approximate surface area is 79.8 Å². The van der Waals surface area contributed by atoms with Crippen LogP contribution in [0.1, 0.15) is 0 Å². The van der Waals surface area contributed by atoms with E-state index in [0.717, 1.165) is 13.1 Å². The van der Waals surface area contributed by atoms with Gasteiger partial charge in [0.2, 0.25) is 10.0 Å². The third-order valence-corrected chi connectivity index (χ3v) is 3.04. The van der Waals surface area contributed by atoms with Crippen LogP contribution in [0.15, 0.2) is 17.0 Å². The van der Waals surface area contributed by atoms with Crippen LogP contribution in [0, 0.1) is 11.6 Å². The molecule has 78 valence electrons. The lowest BCUT2D eigenvalue weighted by Crippen LogP contribution is -2.20. The first-order valence-electron chi connectivity index (χ1n) is 3.56. The molecule has 1 aromatic rings. The molecule has 1 aromatic carbocycles. The standard InChI is InChI=1S/C7H8F2N2O2S/c1-11-14(12,13)7-3-6(10)4(8)2-5(7)9/h2-3,11H,10H2,1H3. The van der Waals surface area contributed by atoms with Gasteiger partial charge < -0.3 is 5.73 Å². The maximum Gasteiger partial charge on any atom is 0.243 e. The van der Waals surface area contributed by atoms with Crippen molar-refractivity contribution in [2.75, 3.05) is 12.8 Å². The van der Waals surface area contributed by atoms with Crippen LogP contribution < -0.4 is 10.5 Å². The topological polar surface area (TPSA) is 72.2 Å². The molecule has 14 heavy (non-hydrogen) atoms. The van der Waals surface area contributed by atoms with Crippen LogP contribution >= 0.6 is 0 Å². The van der Waals surface area contributed by atoms with Crippen molar-refractivity contribution >= 4 is 15.7 Å². The number of hydrogen-bond acceptors (Lipinski definition) is 3. The van der Waals surface area contributed by atoms with E-state index in [1.807, 2.05) is 4.72 Å². The van der Waals surface area contributed by atoms with E-state index < -0.39 is 32.2 Å². The molecule has 0 aliphatic carbocycles. The summed E-state index contributed by atoms with van der Waals surface area (Å²) < 4.78 is 49.9. The largest absolute Gasteiger partial charge is 0.396 e. The fourth-order valence-electron chi connectivity index (χ4n) is 0.861. The van der Waals surface area contributed by atoms with Crippen LogP contribution in [-0.2, 0) is 10.0 Å². The molecule has 4 nitrogen and oxygen atoms in total. The van der Waals surface area contributed by atoms with E-state index in [0.29, 0.717) is 6.07 Å². The number of hydrogen-bond donors (Lipinski definition) is 2. The summed E-state index contributed by atoms with van der Waals surface area (Å²) in [6.07, 6.45) is 0. The number of halogens is 2. The average molecular weight is 222 g/mol. The first kappa shape index (κ1) is 10.9. The van der Waals surface area contributed by atoms with Gasteiger partial charge in [-0.15, -0.1) is 0 Å². The van der Waals surface area contributed by atoms with Crippen LogP contribution in [0.4, 0.5) is 14.5 Å². The lowest BCUT2D eigenvalue weighted by atomic mass is 10.3. The summed E-state index contributed by atoms with van der Waals surface area (Å²) in [7, 11) is -2.82. The highest BCUT2D eigenvalue weighted by Gasteiger charge is 2.19. The van der Waals surface area contributed by atoms with Gasteiger partial charge in [0.05, 0.1) is 5.69 Å². The Bertz CT molecular complexity index is 459. The molecule has 0 saturated carbocycles. The molecule has 0 aromatic heterocycles. The number of benzene rings is 1. The van der Waals surface area contributed by atoms with Crippen LogP contribution in [0.5, 0.6) is 0 Å². The zero-order valence-corrected chi connectivity index (χ0v) is 8.03. The average Bonchev–Trinajstić information content (AvgIpc) is 2.11. The minimum Gasteiger partial charge on any atom is -0.396 e. The molecule has 3 N–H and O–H groups in total. The molecule has 0 bridgehead atoms. The van der Waals surface area contributed by atoms with Crippen molar-refractivity contribution < 1.29 is 17.2 Å². The second-order valence-electron chi connectivity index (χ2n) is 2.51. The van der Waals surface area contributed by atoms with Crippen molar-refractivity contribution in [3.8, 4) is 0 Å². The lowest BCUT2D eigenvalue weighted by Gasteiger charge is -2.05. The molecular formula is C7H8F2N2O2S. The molecule has 0 heterocycles. The number of nitrogens with two attached hydrogens (primary N) is 1. The van der Waals surface area contributed by atoms with Crippen LogP contribution in [0.25, 0.3) is 0 Å². The number of nitrogens with one attached hydrogen (secondary N) is 1. The van der Waals surface area contributed by atoms with Gasteiger partial charge in [-0.05, 0) is 13.1 Å². The molecule has 0 radical (unpaired) electrons. The first-order valence-corrected chi connectivity index (χ1v) is 5.05. The third kappa shape index (κ3) is 1.83. The van der Waals surface area contributed by atoms with E-state index in [1.54, 1.807) is 0 Å². The van der Waals surface area contributed by atoms with Crippen molar-refractivity contribution in [2.24, 2.45) is 0 Å². The second-order valence-corrected chi connectivity index (χ2v) is 4.37. The van der Waals surface area contributed by atoms with E-state index in [-0.39, 0.29) is 0 Å². The zero-order valence-electron chi connectivity index (χ0n) is 7.21. The van der Waals surface area contributed by atoms with E-state index in [4.69, 9.17) is 5.73 Å². The van der Waals surface area contributed by atoms with Crippen LogP contribution in [0.3, 0.4) is 0 Å². The summed E-state index contributed by atoms with van der Waals surface area (Å²) in [4.78, 5) is -0.668. The Morgan fingerprint density at radius 2 is 1.86 bits per heavy atom. The Morgan fingerprint density at radius 3 is 2.36 bits per heavy atom. The molecule has 0 unspecified atom stereocenters. The molecular weight excluding hydrogens is 214 g/mol. The Hall–Kier alpha value is -1.21. The molecule has 0 spiro atoms. The highest BCUT2D eigenvalue weighted by atomic mass is 32.2. The van der Waals surface area contributed by atoms with E-state index in [9.17, 15) is 17.2 Å². The molecule has 0 aliphatic rings. The summed E-state index contributed by atoms with van der Waals surface area (Å²) in [6, 6.07) is 1.16. The Kier molecular flexibility index (Phi) is 2.72. The van der Waals surface area contributed by atoms with Gasteiger partial charge in [-0.25, -0.2) is 21.9 Å². The first-order chi connectivity index (χ1) is 6.38. The molecule has 0 saturated heterocycles. The lowest BCUT2D eigenvalue weighted by molar-refractivity contribution is 0.547. The highest BCUT2D eigenvalue weighted by molar-refractivity contribution is 7.89. The SMILES string of the molecule is CNS(=O)(=O)c1cc(N)c(F)cc1F. The summed E-state index contributed by atoms with van der Waals surface area (Å²) in [5.74, 6) is -2.16. The van der Waals surface area contributed by atoms with Crippen molar-refractivity contribution in [1.82, 2.24) is 4.72 Å². The van der Waals surface area contributed by atoms with Gasteiger partial charge in [-0.3, -0.25) is 0 Å². The second kappa shape index (κ2) is 3.50. The van der Waals surface area contributed by atoms with Crippen LogP contribution in [0.2, 0.25) is 0 Å². The molecule has 7 heteroatoms. The normalized spacial score (nSPS) is 11.6. The molecule has 0 fully saturated rings. The van der Waals surface area contributed by atoms with Crippen molar-refractivity contribution in [1.29, 1.82) is 0 Å². The number of nitrogen functional groups attached to an aromatic ring is 1. The number of rotatable bonds is 2. The number of sulfonamides is 1. The van der Waals surface area contributed by atoms with Gasteiger partial charge in [-0.1, -0.05) is 0 Å². The van der Waals surface area contributed by atoms with Crippen molar-refractivity contribution in [3.63, 3.8) is 0 Å². The minimum absolute atomic E-state index is 0.416. The molecule has 0 aliphatic heterocycles. The van der Waals surface area contributed by atoms with E-state index in [1.165, 1.54) is 0 Å². The molecule has 1 rings (SSSR count). The van der Waals surface area contributed by atoms with Gasteiger partial charge in [0.15, 0.2) is 0 Å². The molecule has 0 amide bonds. The quantitative estimate of drug-likeness (QED) is 0.714. The Morgan fingerprint density at radius 1 is 1.29 bits per heavy atom. The summed E-state index contributed by atoms with van der Waals surface area (Å²) in [5.41, 5.74) is 4.69. The Balaban J connectivity index is 3.45. The van der Waals surface area contributed by atoms with Crippen molar-refractivity contribution in [2.45, 2.75) is 4.90 Å². The van der Waals surface area contributed by atoms with E-state index >= 15 is 0 Å². The summed E-state index contributed by atoms with van der Waals surface area (Å²) in [6.45, 7) is 0. The monoisotopic (exact) mass is 222 g/mol. The maximum absolute atomic E-state index is 13.0. The smallest absolute Gasteiger partial charge is 0.243 e. The zero-order chi connectivity index (χ0) is 10.9. The maximum atomic E-state index is 13.0. The fraction of sp³-hybridized carbons (Fsp3) is 0.143. The number of anilines is 1. The predicted molar refractivity (Wildman–Crippen MR) is 47.0 cm³/mol. The summed E-state index contributed by atoms with van der Waals surface area (Å²) in [5, 5.41) is 0. The van der Waals surface area contributed by atoms with Crippen molar-refractivity contribution in [3.05, 3.63) is 23.8 Å². The van der Waals surface area contributed by atoms with Gasteiger partial charge in [-0.2, -0.15) is 0 Å². The summed E-state index contributed by atoms with van der Waals surface area (Å²) >= 11 is 0. The highest BCUT2D eigenvalue weighted by Crippen LogP contribution is 2.20. The third-order valence-electron chi connectivity index (χ3n) is 1.61. The van der Waals surface area contributed by atoms with Gasteiger partial charge >= 0.3 is 0 Å². The minimum atomic E-state index is -3.94. The molecule has 0 atom stereocenters.